The number of fused-ring (bicyclic) bond motifs is 1. The van der Waals surface area contributed by atoms with Gasteiger partial charge in [0.1, 0.15) is 0 Å². The first kappa shape index (κ1) is 18.0. The molecule has 0 aliphatic heterocycles. The highest BCUT2D eigenvalue weighted by Crippen LogP contribution is 2.33. The molecule has 1 atom stereocenters. The van der Waals surface area contributed by atoms with Crippen molar-refractivity contribution < 1.29 is 9.32 Å². The maximum atomic E-state index is 12.2. The Hall–Kier alpha value is -1.76. The second kappa shape index (κ2) is 7.23. The lowest BCUT2D eigenvalue weighted by atomic mass is 9.89. The summed E-state index contributed by atoms with van der Waals surface area (Å²) in [5.74, 6) is 1.87. The van der Waals surface area contributed by atoms with Crippen molar-refractivity contribution in [2.45, 2.75) is 71.6 Å². The fourth-order valence-corrected chi connectivity index (χ4v) is 4.05. The van der Waals surface area contributed by atoms with E-state index in [4.69, 9.17) is 4.52 Å². The van der Waals surface area contributed by atoms with E-state index in [1.807, 2.05) is 20.8 Å². The quantitative estimate of drug-likeness (QED) is 0.872. The maximum absolute atomic E-state index is 12.2. The predicted molar refractivity (Wildman–Crippen MR) is 97.9 cm³/mol. The lowest BCUT2D eigenvalue weighted by Gasteiger charge is -2.18. The molecule has 1 N–H and O–H groups in total. The van der Waals surface area contributed by atoms with Crippen LogP contribution in [-0.2, 0) is 29.5 Å². The molecule has 2 aromatic rings. The van der Waals surface area contributed by atoms with Crippen LogP contribution in [0.2, 0.25) is 0 Å². The zero-order valence-corrected chi connectivity index (χ0v) is 16.2. The summed E-state index contributed by atoms with van der Waals surface area (Å²) < 4.78 is 5.23. The Morgan fingerprint density at radius 1 is 1.36 bits per heavy atom. The molecule has 0 fully saturated rings. The molecule has 1 aliphatic rings. The number of hydrogen-bond donors (Lipinski definition) is 1. The monoisotopic (exact) mass is 362 g/mol. The zero-order chi connectivity index (χ0) is 18.0. The van der Waals surface area contributed by atoms with Gasteiger partial charge < -0.3 is 9.84 Å². The van der Waals surface area contributed by atoms with E-state index >= 15 is 0 Å². The van der Waals surface area contributed by atoms with Crippen LogP contribution >= 0.6 is 11.3 Å². The Kier molecular flexibility index (Phi) is 5.22. The zero-order valence-electron chi connectivity index (χ0n) is 15.4. The van der Waals surface area contributed by atoms with Gasteiger partial charge in [-0.2, -0.15) is 4.98 Å². The molecule has 0 spiro atoms. The Labute approximate surface area is 152 Å². The van der Waals surface area contributed by atoms with Crippen molar-refractivity contribution in [1.82, 2.24) is 15.1 Å². The summed E-state index contributed by atoms with van der Waals surface area (Å²) in [6.07, 6.45) is 5.29. The molecule has 1 aliphatic carbocycles. The van der Waals surface area contributed by atoms with Crippen LogP contribution in [-0.4, -0.2) is 21.0 Å². The van der Waals surface area contributed by atoms with Gasteiger partial charge in [0.2, 0.25) is 11.8 Å². The number of nitrogens with zero attached hydrogens (tertiary/aromatic N) is 3. The molecule has 136 valence electrons. The first-order valence-electron chi connectivity index (χ1n) is 8.96. The number of carbonyl (C=O) groups excluding carboxylic acids is 1. The first-order chi connectivity index (χ1) is 11.8. The Bertz CT molecular complexity index is 745. The number of rotatable bonds is 5. The molecule has 0 bridgehead atoms. The number of hydrogen-bond acceptors (Lipinski definition) is 6. The van der Waals surface area contributed by atoms with E-state index in [2.05, 4.69) is 27.4 Å². The van der Waals surface area contributed by atoms with Gasteiger partial charge >= 0.3 is 0 Å². The standard InChI is InChI=1S/C18H26N4O2S/c1-5-11-6-7-12-13(10-11)25-17(19-12)20-14(23)8-9-15-21-16(22-24-15)18(2,3)4/h11H,5-10H2,1-4H3,(H,19,20,23). The summed E-state index contributed by atoms with van der Waals surface area (Å²) >= 11 is 1.62. The van der Waals surface area contributed by atoms with Crippen LogP contribution in [0.25, 0.3) is 0 Å². The molecular formula is C18H26N4O2S. The molecule has 2 aromatic heterocycles. The molecule has 0 radical (unpaired) electrons. The Balaban J connectivity index is 1.53. The number of aryl methyl sites for hydroxylation is 2. The summed E-state index contributed by atoms with van der Waals surface area (Å²) in [5.41, 5.74) is 1.01. The molecule has 1 amide bonds. The minimum atomic E-state index is -0.152. The van der Waals surface area contributed by atoms with Gasteiger partial charge in [-0.15, -0.1) is 11.3 Å². The lowest BCUT2D eigenvalue weighted by molar-refractivity contribution is -0.116. The first-order valence-corrected chi connectivity index (χ1v) is 9.78. The second-order valence-corrected chi connectivity index (χ2v) is 8.80. The summed E-state index contributed by atoms with van der Waals surface area (Å²) in [6, 6.07) is 0. The SMILES string of the molecule is CCC1CCc2nc(NC(=O)CCc3nc(C(C)(C)C)no3)sc2C1. The molecular weight excluding hydrogens is 336 g/mol. The molecule has 0 aromatic carbocycles. The summed E-state index contributed by atoms with van der Waals surface area (Å²) in [6.45, 7) is 8.33. The molecule has 25 heavy (non-hydrogen) atoms. The van der Waals surface area contributed by atoms with Gasteiger partial charge in [-0.3, -0.25) is 4.79 Å². The third kappa shape index (κ3) is 4.45. The van der Waals surface area contributed by atoms with Crippen LogP contribution in [0, 0.1) is 5.92 Å². The van der Waals surface area contributed by atoms with Crippen molar-refractivity contribution in [3.05, 3.63) is 22.3 Å². The fourth-order valence-electron chi connectivity index (χ4n) is 2.91. The lowest BCUT2D eigenvalue weighted by Crippen LogP contribution is -2.14. The number of thiazole rings is 1. The van der Waals surface area contributed by atoms with Gasteiger partial charge in [0.05, 0.1) is 5.69 Å². The molecule has 0 saturated carbocycles. The number of amides is 1. The third-order valence-electron chi connectivity index (χ3n) is 4.57. The Morgan fingerprint density at radius 3 is 2.84 bits per heavy atom. The number of nitrogens with one attached hydrogen (secondary N) is 1. The number of carbonyl (C=O) groups is 1. The van der Waals surface area contributed by atoms with Gasteiger partial charge in [0, 0.05) is 23.1 Å². The topological polar surface area (TPSA) is 80.9 Å². The molecule has 0 saturated heterocycles. The molecule has 2 heterocycles. The molecule has 7 heteroatoms. The van der Waals surface area contributed by atoms with Crippen molar-refractivity contribution in [2.24, 2.45) is 5.92 Å². The molecule has 1 unspecified atom stereocenters. The average molecular weight is 362 g/mol. The maximum Gasteiger partial charge on any atom is 0.227 e. The highest BCUT2D eigenvalue weighted by atomic mass is 32.1. The number of aromatic nitrogens is 3. The minimum Gasteiger partial charge on any atom is -0.339 e. The number of anilines is 1. The molecule has 6 nitrogen and oxygen atoms in total. The van der Waals surface area contributed by atoms with E-state index in [1.54, 1.807) is 11.3 Å². The van der Waals surface area contributed by atoms with E-state index in [9.17, 15) is 4.79 Å². The highest BCUT2D eigenvalue weighted by Gasteiger charge is 2.23. The van der Waals surface area contributed by atoms with Crippen LogP contribution < -0.4 is 5.32 Å². The van der Waals surface area contributed by atoms with Gasteiger partial charge in [0.15, 0.2) is 11.0 Å². The van der Waals surface area contributed by atoms with Gasteiger partial charge in [-0.1, -0.05) is 39.3 Å². The molecule has 3 rings (SSSR count). The second-order valence-electron chi connectivity index (χ2n) is 7.72. The smallest absolute Gasteiger partial charge is 0.227 e. The summed E-state index contributed by atoms with van der Waals surface area (Å²) in [4.78, 5) is 22.5. The van der Waals surface area contributed by atoms with Crippen LogP contribution in [0.1, 0.15) is 69.2 Å². The van der Waals surface area contributed by atoms with Gasteiger partial charge in [0.25, 0.3) is 0 Å². The van der Waals surface area contributed by atoms with Crippen molar-refractivity contribution >= 4 is 22.4 Å². The summed E-state index contributed by atoms with van der Waals surface area (Å²) in [5, 5.41) is 7.61. The Morgan fingerprint density at radius 2 is 2.16 bits per heavy atom. The van der Waals surface area contributed by atoms with E-state index < -0.39 is 0 Å². The van der Waals surface area contributed by atoms with Crippen molar-refractivity contribution in [2.75, 3.05) is 5.32 Å². The van der Waals surface area contributed by atoms with Gasteiger partial charge in [-0.25, -0.2) is 4.98 Å². The fraction of sp³-hybridized carbons (Fsp3) is 0.667. The summed E-state index contributed by atoms with van der Waals surface area (Å²) in [7, 11) is 0. The van der Waals surface area contributed by atoms with Crippen LogP contribution in [0.5, 0.6) is 0 Å². The van der Waals surface area contributed by atoms with E-state index in [0.717, 1.165) is 24.5 Å². The van der Waals surface area contributed by atoms with E-state index in [1.165, 1.54) is 17.7 Å². The third-order valence-corrected chi connectivity index (χ3v) is 5.61. The average Bonchev–Trinajstić information content (AvgIpc) is 3.18. The van der Waals surface area contributed by atoms with Gasteiger partial charge in [-0.05, 0) is 25.2 Å². The van der Waals surface area contributed by atoms with E-state index in [-0.39, 0.29) is 11.3 Å². The van der Waals surface area contributed by atoms with Crippen LogP contribution in [0.4, 0.5) is 5.13 Å². The van der Waals surface area contributed by atoms with Crippen molar-refractivity contribution in [3.63, 3.8) is 0 Å². The van der Waals surface area contributed by atoms with Crippen molar-refractivity contribution in [1.29, 1.82) is 0 Å². The van der Waals surface area contributed by atoms with Crippen LogP contribution in [0.3, 0.4) is 0 Å². The normalized spacial score (nSPS) is 17.4. The van der Waals surface area contributed by atoms with Crippen molar-refractivity contribution in [3.8, 4) is 0 Å². The predicted octanol–water partition coefficient (Wildman–Crippen LogP) is 3.91. The van der Waals surface area contributed by atoms with Crippen LogP contribution in [0.15, 0.2) is 4.52 Å². The minimum absolute atomic E-state index is 0.0614. The highest BCUT2D eigenvalue weighted by molar-refractivity contribution is 7.15. The van der Waals surface area contributed by atoms with E-state index in [0.29, 0.717) is 29.7 Å². The largest absolute Gasteiger partial charge is 0.339 e.